The minimum absolute atomic E-state index is 0.479. The number of aliphatic hydroxyl groups is 1. The van der Waals surface area contributed by atoms with Gasteiger partial charge < -0.3 is 5.11 Å². The van der Waals surface area contributed by atoms with Crippen molar-refractivity contribution in [2.75, 3.05) is 32.7 Å². The van der Waals surface area contributed by atoms with Crippen LogP contribution in [0.1, 0.15) is 37.5 Å². The quantitative estimate of drug-likeness (QED) is 0.900. The van der Waals surface area contributed by atoms with Crippen LogP contribution in [0.3, 0.4) is 0 Å². The predicted molar refractivity (Wildman–Crippen MR) is 83.9 cm³/mol. The second kappa shape index (κ2) is 7.56. The molecule has 1 aliphatic heterocycles. The van der Waals surface area contributed by atoms with Crippen molar-refractivity contribution in [3.05, 3.63) is 35.4 Å². The highest BCUT2D eigenvalue weighted by Crippen LogP contribution is 2.17. The molecule has 1 heterocycles. The smallest absolute Gasteiger partial charge is 0.0991 e. The second-order valence-electron chi connectivity index (χ2n) is 5.84. The molecule has 1 fully saturated rings. The molecule has 0 bridgehead atoms. The van der Waals surface area contributed by atoms with E-state index in [0.29, 0.717) is 18.2 Å². The zero-order chi connectivity index (χ0) is 15.2. The van der Waals surface area contributed by atoms with Crippen LogP contribution in [0.5, 0.6) is 0 Å². The average molecular weight is 287 g/mol. The number of hydrogen-bond donors (Lipinski definition) is 1. The van der Waals surface area contributed by atoms with Gasteiger partial charge in [0, 0.05) is 38.8 Å². The highest BCUT2D eigenvalue weighted by Gasteiger charge is 2.22. The molecule has 0 amide bonds. The highest BCUT2D eigenvalue weighted by molar-refractivity contribution is 5.32. The summed E-state index contributed by atoms with van der Waals surface area (Å²) in [7, 11) is 0. The molecule has 114 valence electrons. The molecular formula is C17H25N3O. The van der Waals surface area contributed by atoms with Gasteiger partial charge in [-0.05, 0) is 31.0 Å². The zero-order valence-corrected chi connectivity index (χ0v) is 13.0. The van der Waals surface area contributed by atoms with Crippen molar-refractivity contribution in [1.29, 1.82) is 5.26 Å². The molecule has 21 heavy (non-hydrogen) atoms. The summed E-state index contributed by atoms with van der Waals surface area (Å²) in [5.74, 6) is 0. The summed E-state index contributed by atoms with van der Waals surface area (Å²) in [6.45, 7) is 9.35. The van der Waals surface area contributed by atoms with Crippen LogP contribution in [-0.4, -0.2) is 53.7 Å². The monoisotopic (exact) mass is 287 g/mol. The number of nitriles is 1. The van der Waals surface area contributed by atoms with Crippen LogP contribution in [0.2, 0.25) is 0 Å². The van der Waals surface area contributed by atoms with E-state index in [0.717, 1.165) is 31.7 Å². The fourth-order valence-electron chi connectivity index (χ4n) is 2.77. The van der Waals surface area contributed by atoms with Crippen LogP contribution in [0.15, 0.2) is 24.3 Å². The molecule has 1 aromatic rings. The average Bonchev–Trinajstić information content (AvgIpc) is 2.55. The largest absolute Gasteiger partial charge is 0.387 e. The molecule has 1 N–H and O–H groups in total. The fraction of sp³-hybridized carbons (Fsp3) is 0.588. The third kappa shape index (κ3) is 4.28. The van der Waals surface area contributed by atoms with Gasteiger partial charge in [0.05, 0.1) is 17.7 Å². The van der Waals surface area contributed by atoms with E-state index in [1.807, 2.05) is 12.1 Å². The lowest BCUT2D eigenvalue weighted by molar-refractivity contribution is 0.0584. The molecule has 4 heteroatoms. The van der Waals surface area contributed by atoms with Crippen molar-refractivity contribution in [3.8, 4) is 6.07 Å². The lowest BCUT2D eigenvalue weighted by atomic mass is 10.1. The van der Waals surface area contributed by atoms with E-state index in [4.69, 9.17) is 5.26 Å². The van der Waals surface area contributed by atoms with Crippen LogP contribution < -0.4 is 0 Å². The van der Waals surface area contributed by atoms with Crippen molar-refractivity contribution in [1.82, 2.24) is 9.80 Å². The van der Waals surface area contributed by atoms with Gasteiger partial charge in [-0.3, -0.25) is 9.80 Å². The Kier molecular flexibility index (Phi) is 5.75. The molecule has 0 aromatic heterocycles. The molecule has 2 unspecified atom stereocenters. The Balaban J connectivity index is 1.83. The SMILES string of the molecule is CCC(C)N1CCN(CC(O)c2ccc(C#N)cc2)CC1. The van der Waals surface area contributed by atoms with Crippen molar-refractivity contribution < 1.29 is 5.11 Å². The maximum atomic E-state index is 10.3. The first-order valence-electron chi connectivity index (χ1n) is 7.78. The molecular weight excluding hydrogens is 262 g/mol. The van der Waals surface area contributed by atoms with Crippen LogP contribution in [0.4, 0.5) is 0 Å². The summed E-state index contributed by atoms with van der Waals surface area (Å²) >= 11 is 0. The third-order valence-electron chi connectivity index (χ3n) is 4.48. The first-order chi connectivity index (χ1) is 10.1. The van der Waals surface area contributed by atoms with Crippen LogP contribution >= 0.6 is 0 Å². The zero-order valence-electron chi connectivity index (χ0n) is 13.0. The molecule has 1 aromatic carbocycles. The van der Waals surface area contributed by atoms with E-state index in [9.17, 15) is 5.11 Å². The van der Waals surface area contributed by atoms with Gasteiger partial charge in [-0.25, -0.2) is 0 Å². The lowest BCUT2D eigenvalue weighted by Gasteiger charge is -2.38. The first kappa shape index (κ1) is 16.0. The van der Waals surface area contributed by atoms with Crippen LogP contribution in [0.25, 0.3) is 0 Å². The Morgan fingerprint density at radius 3 is 2.33 bits per heavy atom. The fourth-order valence-corrected chi connectivity index (χ4v) is 2.77. The van der Waals surface area contributed by atoms with E-state index >= 15 is 0 Å². The molecule has 0 radical (unpaired) electrons. The Hall–Kier alpha value is -1.41. The standard InChI is InChI=1S/C17H25N3O/c1-3-14(2)20-10-8-19(9-11-20)13-17(21)16-6-4-15(12-18)5-7-16/h4-7,14,17,21H,3,8-11,13H2,1-2H3. The maximum absolute atomic E-state index is 10.3. The van der Waals surface area contributed by atoms with Gasteiger partial charge in [-0.15, -0.1) is 0 Å². The van der Waals surface area contributed by atoms with Gasteiger partial charge in [0.15, 0.2) is 0 Å². The van der Waals surface area contributed by atoms with E-state index in [-0.39, 0.29) is 0 Å². The van der Waals surface area contributed by atoms with E-state index in [2.05, 4.69) is 29.7 Å². The van der Waals surface area contributed by atoms with Gasteiger partial charge in [0.1, 0.15) is 0 Å². The van der Waals surface area contributed by atoms with Gasteiger partial charge in [0.25, 0.3) is 0 Å². The topological polar surface area (TPSA) is 50.5 Å². The Morgan fingerprint density at radius 2 is 1.81 bits per heavy atom. The third-order valence-corrected chi connectivity index (χ3v) is 4.48. The molecule has 2 atom stereocenters. The maximum Gasteiger partial charge on any atom is 0.0991 e. The molecule has 0 aliphatic carbocycles. The number of hydrogen-bond acceptors (Lipinski definition) is 4. The molecule has 4 nitrogen and oxygen atoms in total. The Labute approximate surface area is 127 Å². The van der Waals surface area contributed by atoms with Crippen molar-refractivity contribution in [2.45, 2.75) is 32.4 Å². The molecule has 0 saturated carbocycles. The van der Waals surface area contributed by atoms with Gasteiger partial charge in [-0.1, -0.05) is 19.1 Å². The molecule has 2 rings (SSSR count). The molecule has 1 saturated heterocycles. The van der Waals surface area contributed by atoms with Gasteiger partial charge in [0.2, 0.25) is 0 Å². The summed E-state index contributed by atoms with van der Waals surface area (Å²) in [5, 5.41) is 19.1. The van der Waals surface area contributed by atoms with Crippen LogP contribution in [-0.2, 0) is 0 Å². The highest BCUT2D eigenvalue weighted by atomic mass is 16.3. The number of piperazine rings is 1. The second-order valence-corrected chi connectivity index (χ2v) is 5.84. The van der Waals surface area contributed by atoms with Crippen molar-refractivity contribution in [2.24, 2.45) is 0 Å². The van der Waals surface area contributed by atoms with Gasteiger partial charge in [-0.2, -0.15) is 5.26 Å². The summed E-state index contributed by atoms with van der Waals surface area (Å²) in [5.41, 5.74) is 1.52. The summed E-state index contributed by atoms with van der Waals surface area (Å²) in [4.78, 5) is 4.84. The van der Waals surface area contributed by atoms with E-state index in [1.165, 1.54) is 6.42 Å². The number of rotatable bonds is 5. The number of aliphatic hydroxyl groups excluding tert-OH is 1. The van der Waals surface area contributed by atoms with Gasteiger partial charge >= 0.3 is 0 Å². The van der Waals surface area contributed by atoms with Crippen molar-refractivity contribution in [3.63, 3.8) is 0 Å². The number of β-amino-alcohol motifs (C(OH)–C–C–N with tert-alkyl or cyclic N) is 1. The predicted octanol–water partition coefficient (Wildman–Crippen LogP) is 2.01. The lowest BCUT2D eigenvalue weighted by Crippen LogP contribution is -2.50. The summed E-state index contributed by atoms with van der Waals surface area (Å²) < 4.78 is 0. The summed E-state index contributed by atoms with van der Waals surface area (Å²) in [6.07, 6.45) is 0.710. The Morgan fingerprint density at radius 1 is 1.19 bits per heavy atom. The molecule has 1 aliphatic rings. The molecule has 0 spiro atoms. The Bertz CT molecular complexity index is 472. The minimum Gasteiger partial charge on any atom is -0.387 e. The van der Waals surface area contributed by atoms with E-state index in [1.54, 1.807) is 12.1 Å². The van der Waals surface area contributed by atoms with Crippen LogP contribution in [0, 0.1) is 11.3 Å². The number of benzene rings is 1. The minimum atomic E-state index is -0.479. The van der Waals surface area contributed by atoms with E-state index < -0.39 is 6.10 Å². The first-order valence-corrected chi connectivity index (χ1v) is 7.78. The number of nitrogens with zero attached hydrogens (tertiary/aromatic N) is 3. The summed E-state index contributed by atoms with van der Waals surface area (Å²) in [6, 6.07) is 9.96. The normalized spacial score (nSPS) is 19.9. The van der Waals surface area contributed by atoms with Crippen molar-refractivity contribution >= 4 is 0 Å².